The van der Waals surface area contributed by atoms with Gasteiger partial charge in [0.05, 0.1) is 10.6 Å². The normalized spacial score (nSPS) is 13.0. The molecule has 16 heavy (non-hydrogen) atoms. The lowest BCUT2D eigenvalue weighted by atomic mass is 10.1. The Balaban J connectivity index is 2.37. The zero-order valence-electron chi connectivity index (χ0n) is 9.16. The smallest absolute Gasteiger partial charge is 0.133 e. The molecule has 0 aliphatic carbocycles. The van der Waals surface area contributed by atoms with E-state index >= 15 is 0 Å². The van der Waals surface area contributed by atoms with Gasteiger partial charge in [-0.2, -0.15) is 0 Å². The summed E-state index contributed by atoms with van der Waals surface area (Å²) in [5.74, 6) is 0.398. The molecule has 0 bridgehead atoms. The maximum absolute atomic E-state index is 5.70. The molecule has 0 radical (unpaired) electrons. The predicted octanol–water partition coefficient (Wildman–Crippen LogP) is 4.00. The van der Waals surface area contributed by atoms with Gasteiger partial charge in [-0.05, 0) is 35.5 Å². The van der Waals surface area contributed by atoms with Crippen LogP contribution in [-0.4, -0.2) is 11.5 Å². The van der Waals surface area contributed by atoms with E-state index in [2.05, 4.69) is 46.2 Å². The van der Waals surface area contributed by atoms with Crippen molar-refractivity contribution in [1.82, 2.24) is 4.98 Å². The van der Waals surface area contributed by atoms with Crippen LogP contribution < -0.4 is 5.73 Å². The van der Waals surface area contributed by atoms with E-state index in [1.807, 2.05) is 0 Å². The van der Waals surface area contributed by atoms with E-state index in [0.29, 0.717) is 12.5 Å². The van der Waals surface area contributed by atoms with Crippen LogP contribution in [0.5, 0.6) is 0 Å². The highest BCUT2D eigenvalue weighted by Gasteiger charge is 2.14. The molecule has 2 aromatic heterocycles. The van der Waals surface area contributed by atoms with Crippen LogP contribution in [0.15, 0.2) is 15.9 Å². The van der Waals surface area contributed by atoms with Crippen molar-refractivity contribution in [2.45, 2.75) is 19.8 Å². The van der Waals surface area contributed by atoms with Gasteiger partial charge in [-0.3, -0.25) is 0 Å². The van der Waals surface area contributed by atoms with Crippen molar-refractivity contribution in [3.05, 3.63) is 26.5 Å². The van der Waals surface area contributed by atoms with E-state index in [1.165, 1.54) is 9.75 Å². The van der Waals surface area contributed by atoms with Crippen LogP contribution in [-0.2, 0) is 0 Å². The Morgan fingerprint density at radius 2 is 2.31 bits per heavy atom. The maximum atomic E-state index is 5.70. The van der Waals surface area contributed by atoms with Crippen LogP contribution in [0, 0.1) is 6.92 Å². The molecule has 0 amide bonds. The van der Waals surface area contributed by atoms with Crippen molar-refractivity contribution in [1.29, 1.82) is 0 Å². The minimum absolute atomic E-state index is 0.398. The molecule has 2 heterocycles. The molecule has 2 rings (SSSR count). The Hall–Kier alpha value is -0.230. The van der Waals surface area contributed by atoms with Gasteiger partial charge < -0.3 is 5.73 Å². The lowest BCUT2D eigenvalue weighted by Gasteiger charge is -2.04. The fourth-order valence-corrected chi connectivity index (χ4v) is 4.12. The number of halogens is 1. The summed E-state index contributed by atoms with van der Waals surface area (Å²) in [6.45, 7) is 4.88. The molecule has 2 nitrogen and oxygen atoms in total. The molecular formula is C11H13BrN2S2. The van der Waals surface area contributed by atoms with Gasteiger partial charge >= 0.3 is 0 Å². The van der Waals surface area contributed by atoms with Crippen LogP contribution >= 0.6 is 38.6 Å². The summed E-state index contributed by atoms with van der Waals surface area (Å²) in [4.78, 5) is 7.14. The van der Waals surface area contributed by atoms with E-state index in [1.54, 1.807) is 22.7 Å². The van der Waals surface area contributed by atoms with Crippen molar-refractivity contribution < 1.29 is 0 Å². The molecule has 0 saturated carbocycles. The molecule has 0 spiro atoms. The molecule has 1 atom stereocenters. The first-order chi connectivity index (χ1) is 7.61. The van der Waals surface area contributed by atoms with Crippen LogP contribution in [0.3, 0.4) is 0 Å². The second-order valence-corrected chi connectivity index (χ2v) is 6.59. The Morgan fingerprint density at radius 1 is 1.56 bits per heavy atom. The van der Waals surface area contributed by atoms with Crippen LogP contribution in [0.4, 0.5) is 0 Å². The third kappa shape index (κ3) is 2.37. The highest BCUT2D eigenvalue weighted by atomic mass is 79.9. The Labute approximate surface area is 112 Å². The number of hydrogen-bond donors (Lipinski definition) is 1. The number of nitrogens with two attached hydrogens (primary N) is 1. The topological polar surface area (TPSA) is 38.9 Å². The minimum atomic E-state index is 0.398. The van der Waals surface area contributed by atoms with E-state index in [-0.39, 0.29) is 0 Å². The number of hydrogen-bond acceptors (Lipinski definition) is 4. The summed E-state index contributed by atoms with van der Waals surface area (Å²) >= 11 is 6.94. The van der Waals surface area contributed by atoms with Gasteiger partial charge in [-0.15, -0.1) is 22.7 Å². The Kier molecular flexibility index (Phi) is 3.79. The summed E-state index contributed by atoms with van der Waals surface area (Å²) in [5, 5.41) is 3.18. The summed E-state index contributed by atoms with van der Waals surface area (Å²) in [5.41, 5.74) is 6.81. The standard InChI is InChI=1S/C11H13BrN2S2/c1-6(4-13)10-7(2)14-11(16-10)9-3-8(12)5-15-9/h3,5-6H,4,13H2,1-2H3. The SMILES string of the molecule is Cc1nc(-c2cc(Br)cs2)sc1C(C)CN. The molecule has 0 saturated heterocycles. The van der Waals surface area contributed by atoms with E-state index in [9.17, 15) is 0 Å². The average Bonchev–Trinajstić information content (AvgIpc) is 2.83. The first-order valence-corrected chi connectivity index (χ1v) is 7.52. The van der Waals surface area contributed by atoms with E-state index in [0.717, 1.165) is 15.2 Å². The van der Waals surface area contributed by atoms with Crippen molar-refractivity contribution in [2.24, 2.45) is 5.73 Å². The zero-order chi connectivity index (χ0) is 11.7. The third-order valence-corrected chi connectivity index (χ3v) is 5.66. The largest absolute Gasteiger partial charge is 0.330 e. The van der Waals surface area contributed by atoms with Gasteiger partial charge in [0, 0.05) is 20.6 Å². The van der Waals surface area contributed by atoms with Crippen molar-refractivity contribution >= 4 is 38.6 Å². The quantitative estimate of drug-likeness (QED) is 0.929. The summed E-state index contributed by atoms with van der Waals surface area (Å²) in [6, 6.07) is 2.11. The monoisotopic (exact) mass is 316 g/mol. The van der Waals surface area contributed by atoms with Crippen LogP contribution in [0.1, 0.15) is 23.4 Å². The highest BCUT2D eigenvalue weighted by Crippen LogP contribution is 2.36. The van der Waals surface area contributed by atoms with Gasteiger partial charge in [-0.25, -0.2) is 4.98 Å². The fraction of sp³-hybridized carbons (Fsp3) is 0.364. The summed E-state index contributed by atoms with van der Waals surface area (Å²) < 4.78 is 1.12. The zero-order valence-corrected chi connectivity index (χ0v) is 12.4. The number of thiazole rings is 1. The number of aryl methyl sites for hydroxylation is 1. The molecule has 0 fully saturated rings. The van der Waals surface area contributed by atoms with E-state index in [4.69, 9.17) is 5.73 Å². The van der Waals surface area contributed by atoms with Crippen LogP contribution in [0.25, 0.3) is 9.88 Å². The van der Waals surface area contributed by atoms with Gasteiger partial charge in [0.2, 0.25) is 0 Å². The summed E-state index contributed by atoms with van der Waals surface area (Å²) in [6.07, 6.45) is 0. The molecule has 0 aliphatic rings. The molecule has 1 unspecified atom stereocenters. The Morgan fingerprint density at radius 3 is 2.88 bits per heavy atom. The Bertz CT molecular complexity index is 490. The number of nitrogens with zero attached hydrogens (tertiary/aromatic N) is 1. The predicted molar refractivity (Wildman–Crippen MR) is 75.3 cm³/mol. The second-order valence-electron chi connectivity index (χ2n) is 3.73. The third-order valence-electron chi connectivity index (χ3n) is 2.41. The van der Waals surface area contributed by atoms with Gasteiger partial charge in [0.1, 0.15) is 5.01 Å². The second kappa shape index (κ2) is 4.96. The van der Waals surface area contributed by atoms with E-state index < -0.39 is 0 Å². The molecule has 2 aromatic rings. The fourth-order valence-electron chi connectivity index (χ4n) is 1.50. The molecule has 5 heteroatoms. The molecule has 0 aromatic carbocycles. The number of aromatic nitrogens is 1. The van der Waals surface area contributed by atoms with Gasteiger partial charge in [0.15, 0.2) is 0 Å². The average molecular weight is 317 g/mol. The van der Waals surface area contributed by atoms with Crippen molar-refractivity contribution in [3.8, 4) is 9.88 Å². The van der Waals surface area contributed by atoms with Gasteiger partial charge in [0.25, 0.3) is 0 Å². The first-order valence-electron chi connectivity index (χ1n) is 5.03. The lowest BCUT2D eigenvalue weighted by molar-refractivity contribution is 0.780. The van der Waals surface area contributed by atoms with Crippen molar-refractivity contribution in [2.75, 3.05) is 6.54 Å². The molecule has 0 aliphatic heterocycles. The van der Waals surface area contributed by atoms with Gasteiger partial charge in [-0.1, -0.05) is 6.92 Å². The van der Waals surface area contributed by atoms with Crippen molar-refractivity contribution in [3.63, 3.8) is 0 Å². The summed E-state index contributed by atoms with van der Waals surface area (Å²) in [7, 11) is 0. The maximum Gasteiger partial charge on any atom is 0.133 e. The molecule has 2 N–H and O–H groups in total. The lowest BCUT2D eigenvalue weighted by Crippen LogP contribution is -2.08. The number of rotatable bonds is 3. The first kappa shape index (κ1) is 12.2. The van der Waals surface area contributed by atoms with Crippen LogP contribution in [0.2, 0.25) is 0 Å². The highest BCUT2D eigenvalue weighted by molar-refractivity contribution is 9.10. The number of thiophene rings is 1. The minimum Gasteiger partial charge on any atom is -0.330 e. The molecule has 86 valence electrons. The molecular weight excluding hydrogens is 304 g/mol.